The van der Waals surface area contributed by atoms with Crippen LogP contribution >= 0.6 is 0 Å². The third-order valence-electron chi connectivity index (χ3n) is 1.45. The van der Waals surface area contributed by atoms with Crippen molar-refractivity contribution in [2.75, 3.05) is 5.32 Å². The summed E-state index contributed by atoms with van der Waals surface area (Å²) in [7, 11) is 0. The topological polar surface area (TPSA) is 65.3 Å². The van der Waals surface area contributed by atoms with Crippen LogP contribution in [0.3, 0.4) is 0 Å². The first-order valence-corrected chi connectivity index (χ1v) is 4.56. The normalized spacial score (nSPS) is 10.9. The van der Waals surface area contributed by atoms with Gasteiger partial charge in [-0.05, 0) is 20.8 Å². The van der Waals surface area contributed by atoms with Crippen LogP contribution in [0.2, 0.25) is 0 Å². The highest BCUT2D eigenvalue weighted by Crippen LogP contribution is 2.10. The molecule has 0 radical (unpaired) electrons. The molecule has 1 aromatic heterocycles. The van der Waals surface area contributed by atoms with E-state index in [2.05, 4.69) is 5.32 Å². The summed E-state index contributed by atoms with van der Waals surface area (Å²) in [6, 6.07) is 2.99. The number of carbonyl (C=O) groups excluding carboxylic acids is 1. The maximum absolute atomic E-state index is 11.3. The van der Waals surface area contributed by atoms with Gasteiger partial charge in [0.2, 0.25) is 0 Å². The molecule has 0 fully saturated rings. The molecule has 15 heavy (non-hydrogen) atoms. The summed E-state index contributed by atoms with van der Waals surface area (Å²) in [5.74, 6) is 0. The zero-order valence-electron chi connectivity index (χ0n) is 8.98. The molecule has 1 rings (SSSR count). The van der Waals surface area contributed by atoms with Crippen LogP contribution in [0.1, 0.15) is 20.8 Å². The Morgan fingerprint density at radius 2 is 1.93 bits per heavy atom. The number of nitrogens with one attached hydrogen (secondary N) is 1. The summed E-state index contributed by atoms with van der Waals surface area (Å²) in [6.45, 7) is 5.34. The van der Waals surface area contributed by atoms with E-state index in [0.717, 1.165) is 0 Å². The first-order chi connectivity index (χ1) is 6.87. The van der Waals surface area contributed by atoms with E-state index in [0.29, 0.717) is 10.4 Å². The molecule has 5 nitrogen and oxygen atoms in total. The SMILES string of the molecule is CC(C)(C)OC(=O)Nc1cc[n+]([O-])cc1. The van der Waals surface area contributed by atoms with E-state index in [1.807, 2.05) is 0 Å². The summed E-state index contributed by atoms with van der Waals surface area (Å²) in [6.07, 6.45) is 2.06. The van der Waals surface area contributed by atoms with Crippen molar-refractivity contribution in [2.45, 2.75) is 26.4 Å². The smallest absolute Gasteiger partial charge is 0.412 e. The third kappa shape index (κ3) is 4.30. The Hall–Kier alpha value is -1.78. The predicted octanol–water partition coefficient (Wildman–Crippen LogP) is 1.67. The molecular weight excluding hydrogens is 196 g/mol. The van der Waals surface area contributed by atoms with Crippen molar-refractivity contribution in [2.24, 2.45) is 0 Å². The molecule has 5 heteroatoms. The highest BCUT2D eigenvalue weighted by atomic mass is 16.6. The summed E-state index contributed by atoms with van der Waals surface area (Å²) in [5, 5.41) is 13.2. The predicted molar refractivity (Wildman–Crippen MR) is 55.3 cm³/mol. The van der Waals surface area contributed by atoms with Crippen LogP contribution in [0.15, 0.2) is 24.5 Å². The van der Waals surface area contributed by atoms with E-state index in [1.165, 1.54) is 24.5 Å². The minimum atomic E-state index is -0.536. The van der Waals surface area contributed by atoms with Crippen molar-refractivity contribution in [3.05, 3.63) is 29.7 Å². The molecule has 0 bridgehead atoms. The summed E-state index contributed by atoms with van der Waals surface area (Å²) < 4.78 is 5.68. The average Bonchev–Trinajstić information content (AvgIpc) is 2.05. The second kappa shape index (κ2) is 4.16. The van der Waals surface area contributed by atoms with Crippen molar-refractivity contribution in [1.82, 2.24) is 0 Å². The Morgan fingerprint density at radius 1 is 1.40 bits per heavy atom. The van der Waals surface area contributed by atoms with E-state index in [4.69, 9.17) is 4.74 Å². The lowest BCUT2D eigenvalue weighted by Crippen LogP contribution is -2.28. The van der Waals surface area contributed by atoms with Gasteiger partial charge in [0.15, 0.2) is 12.4 Å². The Bertz CT molecular complexity index is 341. The van der Waals surface area contributed by atoms with Crippen LogP contribution in [-0.4, -0.2) is 11.7 Å². The summed E-state index contributed by atoms with van der Waals surface area (Å²) in [4.78, 5) is 11.3. The fraction of sp³-hybridized carbons (Fsp3) is 0.400. The third-order valence-corrected chi connectivity index (χ3v) is 1.45. The van der Waals surface area contributed by atoms with Crippen molar-refractivity contribution in [1.29, 1.82) is 0 Å². The van der Waals surface area contributed by atoms with Gasteiger partial charge in [-0.25, -0.2) is 4.79 Å². The minimum Gasteiger partial charge on any atom is -0.619 e. The maximum atomic E-state index is 11.3. The van der Waals surface area contributed by atoms with Gasteiger partial charge in [0.25, 0.3) is 0 Å². The standard InChI is InChI=1S/C10H14N2O3/c1-10(2,3)15-9(13)11-8-4-6-12(14)7-5-8/h4-7H,1-3H3,(H,11,13). The number of rotatable bonds is 1. The molecule has 1 N–H and O–H groups in total. The zero-order chi connectivity index (χ0) is 11.5. The molecule has 0 saturated carbocycles. The summed E-state index contributed by atoms with van der Waals surface area (Å²) >= 11 is 0. The molecule has 0 spiro atoms. The number of pyridine rings is 1. The van der Waals surface area contributed by atoms with Gasteiger partial charge in [-0.3, -0.25) is 5.32 Å². The van der Waals surface area contributed by atoms with E-state index in [-0.39, 0.29) is 0 Å². The van der Waals surface area contributed by atoms with Crippen molar-refractivity contribution >= 4 is 11.8 Å². The number of aromatic nitrogens is 1. The monoisotopic (exact) mass is 210 g/mol. The lowest BCUT2D eigenvalue weighted by molar-refractivity contribution is -0.605. The van der Waals surface area contributed by atoms with Crippen LogP contribution in [0.25, 0.3) is 0 Å². The van der Waals surface area contributed by atoms with Gasteiger partial charge in [0.1, 0.15) is 5.60 Å². The lowest BCUT2D eigenvalue weighted by atomic mass is 10.2. The van der Waals surface area contributed by atoms with Gasteiger partial charge in [0, 0.05) is 12.1 Å². The summed E-state index contributed by atoms with van der Waals surface area (Å²) in [5.41, 5.74) is -0.00605. The molecule has 0 aliphatic heterocycles. The second-order valence-electron chi connectivity index (χ2n) is 4.07. The molecule has 1 amide bonds. The first-order valence-electron chi connectivity index (χ1n) is 4.56. The molecule has 0 unspecified atom stereocenters. The van der Waals surface area contributed by atoms with Crippen LogP contribution in [0.5, 0.6) is 0 Å². The Balaban J connectivity index is 2.55. The van der Waals surface area contributed by atoms with E-state index in [1.54, 1.807) is 20.8 Å². The number of amides is 1. The van der Waals surface area contributed by atoms with Gasteiger partial charge < -0.3 is 9.94 Å². The zero-order valence-corrected chi connectivity index (χ0v) is 8.98. The lowest BCUT2D eigenvalue weighted by Gasteiger charge is -2.19. The highest BCUT2D eigenvalue weighted by Gasteiger charge is 2.16. The van der Waals surface area contributed by atoms with Crippen LogP contribution in [0.4, 0.5) is 10.5 Å². The molecule has 82 valence electrons. The average molecular weight is 210 g/mol. The van der Waals surface area contributed by atoms with Crippen LogP contribution in [0, 0.1) is 5.21 Å². The van der Waals surface area contributed by atoms with Crippen molar-refractivity contribution < 1.29 is 14.3 Å². The Morgan fingerprint density at radius 3 is 2.40 bits per heavy atom. The van der Waals surface area contributed by atoms with E-state index >= 15 is 0 Å². The highest BCUT2D eigenvalue weighted by molar-refractivity contribution is 5.84. The Kier molecular flexibility index (Phi) is 3.14. The number of anilines is 1. The van der Waals surface area contributed by atoms with Crippen molar-refractivity contribution in [3.8, 4) is 0 Å². The molecule has 0 saturated heterocycles. The molecule has 0 aliphatic carbocycles. The fourth-order valence-electron chi connectivity index (χ4n) is 0.918. The number of hydrogen-bond donors (Lipinski definition) is 1. The van der Waals surface area contributed by atoms with E-state index < -0.39 is 11.7 Å². The van der Waals surface area contributed by atoms with Gasteiger partial charge >= 0.3 is 6.09 Å². The van der Waals surface area contributed by atoms with Crippen LogP contribution < -0.4 is 10.0 Å². The van der Waals surface area contributed by atoms with E-state index in [9.17, 15) is 10.0 Å². The largest absolute Gasteiger partial charge is 0.619 e. The van der Waals surface area contributed by atoms with Gasteiger partial charge in [-0.2, -0.15) is 4.73 Å². The fourth-order valence-corrected chi connectivity index (χ4v) is 0.918. The maximum Gasteiger partial charge on any atom is 0.412 e. The molecular formula is C10H14N2O3. The molecule has 0 atom stereocenters. The molecule has 1 aromatic rings. The van der Waals surface area contributed by atoms with Gasteiger partial charge in [-0.1, -0.05) is 0 Å². The molecule has 0 aromatic carbocycles. The second-order valence-corrected chi connectivity index (χ2v) is 4.07. The van der Waals surface area contributed by atoms with Gasteiger partial charge in [0.05, 0.1) is 5.69 Å². The first kappa shape index (κ1) is 11.3. The van der Waals surface area contributed by atoms with Crippen molar-refractivity contribution in [3.63, 3.8) is 0 Å². The number of carbonyl (C=O) groups is 1. The molecule has 0 aliphatic rings. The Labute approximate surface area is 88.3 Å². The number of nitrogens with zero attached hydrogens (tertiary/aromatic N) is 1. The van der Waals surface area contributed by atoms with Gasteiger partial charge in [-0.15, -0.1) is 0 Å². The minimum absolute atomic E-state index is 0.524. The number of hydrogen-bond acceptors (Lipinski definition) is 3. The van der Waals surface area contributed by atoms with Crippen LogP contribution in [-0.2, 0) is 4.74 Å². The quantitative estimate of drug-likeness (QED) is 0.566. The molecule has 1 heterocycles. The number of ether oxygens (including phenoxy) is 1.